The van der Waals surface area contributed by atoms with Crippen molar-refractivity contribution in [1.82, 2.24) is 4.57 Å². The Balaban J connectivity index is 1.76. The lowest BCUT2D eigenvalue weighted by atomic mass is 10.2. The molecule has 22 heavy (non-hydrogen) atoms. The number of carbonyl (C=O) groups is 1. The highest BCUT2D eigenvalue weighted by Crippen LogP contribution is 2.25. The average molecular weight is 331 g/mol. The molecule has 0 fully saturated rings. The largest absolute Gasteiger partial charge is 0.324 e. The SMILES string of the molecule is O=C(Nc1ccc(Cl)c(Cl)c1)c1ccc(-n2cccc2)cc1. The Morgan fingerprint density at radius 2 is 1.59 bits per heavy atom. The second-order valence-corrected chi connectivity index (χ2v) is 5.53. The third-order valence-corrected chi connectivity index (χ3v) is 3.95. The Morgan fingerprint density at radius 1 is 0.909 bits per heavy atom. The molecule has 3 aromatic rings. The lowest BCUT2D eigenvalue weighted by molar-refractivity contribution is 0.102. The van der Waals surface area contributed by atoms with Gasteiger partial charge in [0.2, 0.25) is 0 Å². The molecule has 3 rings (SSSR count). The van der Waals surface area contributed by atoms with E-state index in [4.69, 9.17) is 23.2 Å². The number of hydrogen-bond acceptors (Lipinski definition) is 1. The fourth-order valence-corrected chi connectivity index (χ4v) is 2.37. The van der Waals surface area contributed by atoms with Crippen LogP contribution in [0.25, 0.3) is 5.69 Å². The molecule has 0 unspecified atom stereocenters. The summed E-state index contributed by atoms with van der Waals surface area (Å²) in [6, 6.07) is 16.2. The molecule has 2 aromatic carbocycles. The zero-order chi connectivity index (χ0) is 15.5. The quantitative estimate of drug-likeness (QED) is 0.717. The molecule has 1 heterocycles. The van der Waals surface area contributed by atoms with Gasteiger partial charge in [-0.1, -0.05) is 23.2 Å². The first-order valence-electron chi connectivity index (χ1n) is 6.63. The molecule has 0 spiro atoms. The first-order valence-corrected chi connectivity index (χ1v) is 7.39. The number of hydrogen-bond donors (Lipinski definition) is 1. The number of aromatic nitrogens is 1. The highest BCUT2D eigenvalue weighted by Gasteiger charge is 2.07. The maximum Gasteiger partial charge on any atom is 0.255 e. The van der Waals surface area contributed by atoms with Gasteiger partial charge in [0.15, 0.2) is 0 Å². The van der Waals surface area contributed by atoms with E-state index in [9.17, 15) is 4.79 Å². The molecule has 3 nitrogen and oxygen atoms in total. The summed E-state index contributed by atoms with van der Waals surface area (Å²) < 4.78 is 1.97. The second kappa shape index (κ2) is 6.26. The molecule has 1 N–H and O–H groups in total. The number of anilines is 1. The van der Waals surface area contributed by atoms with Gasteiger partial charge in [-0.2, -0.15) is 0 Å². The van der Waals surface area contributed by atoms with Crippen LogP contribution in [-0.4, -0.2) is 10.5 Å². The summed E-state index contributed by atoms with van der Waals surface area (Å²) in [5.41, 5.74) is 2.17. The van der Waals surface area contributed by atoms with Gasteiger partial charge in [-0.05, 0) is 54.6 Å². The van der Waals surface area contributed by atoms with Gasteiger partial charge in [0.25, 0.3) is 5.91 Å². The van der Waals surface area contributed by atoms with Gasteiger partial charge in [0.1, 0.15) is 0 Å². The summed E-state index contributed by atoms with van der Waals surface area (Å²) in [6.45, 7) is 0. The van der Waals surface area contributed by atoms with Gasteiger partial charge in [-0.25, -0.2) is 0 Å². The van der Waals surface area contributed by atoms with Crippen LogP contribution in [0, 0.1) is 0 Å². The van der Waals surface area contributed by atoms with Crippen molar-refractivity contribution in [2.45, 2.75) is 0 Å². The van der Waals surface area contributed by atoms with Crippen LogP contribution < -0.4 is 5.32 Å². The number of nitrogens with zero attached hydrogens (tertiary/aromatic N) is 1. The van der Waals surface area contributed by atoms with Crippen LogP contribution in [-0.2, 0) is 0 Å². The number of amides is 1. The second-order valence-electron chi connectivity index (χ2n) is 4.72. The Bertz CT molecular complexity index is 796. The molecule has 0 radical (unpaired) electrons. The van der Waals surface area contributed by atoms with E-state index in [1.165, 1.54) is 0 Å². The van der Waals surface area contributed by atoms with E-state index in [0.29, 0.717) is 21.3 Å². The Kier molecular flexibility index (Phi) is 4.18. The first kappa shape index (κ1) is 14.7. The Hall–Kier alpha value is -2.23. The van der Waals surface area contributed by atoms with Crippen molar-refractivity contribution in [2.24, 2.45) is 0 Å². The summed E-state index contributed by atoms with van der Waals surface area (Å²) in [5.74, 6) is -0.197. The molecule has 0 saturated heterocycles. The highest BCUT2D eigenvalue weighted by molar-refractivity contribution is 6.42. The minimum atomic E-state index is -0.197. The van der Waals surface area contributed by atoms with E-state index in [0.717, 1.165) is 5.69 Å². The molecule has 0 atom stereocenters. The van der Waals surface area contributed by atoms with Gasteiger partial charge < -0.3 is 9.88 Å². The first-order chi connectivity index (χ1) is 10.6. The average Bonchev–Trinajstić information content (AvgIpc) is 3.05. The van der Waals surface area contributed by atoms with Crippen LogP contribution in [0.2, 0.25) is 10.0 Å². The van der Waals surface area contributed by atoms with Crippen LogP contribution in [0.5, 0.6) is 0 Å². The predicted molar refractivity (Wildman–Crippen MR) is 90.2 cm³/mol. The summed E-state index contributed by atoms with van der Waals surface area (Å²) in [5, 5.41) is 3.65. The van der Waals surface area contributed by atoms with Gasteiger partial charge in [0.05, 0.1) is 10.0 Å². The van der Waals surface area contributed by atoms with Crippen molar-refractivity contribution in [1.29, 1.82) is 0 Å². The van der Waals surface area contributed by atoms with Gasteiger partial charge in [-0.3, -0.25) is 4.79 Å². The van der Waals surface area contributed by atoms with E-state index in [2.05, 4.69) is 5.32 Å². The van der Waals surface area contributed by atoms with Crippen LogP contribution in [0.3, 0.4) is 0 Å². The molecule has 110 valence electrons. The molecule has 0 saturated carbocycles. The maximum atomic E-state index is 12.2. The number of halogens is 2. The standard InChI is InChI=1S/C17H12Cl2N2O/c18-15-8-5-13(11-16(15)19)20-17(22)12-3-6-14(7-4-12)21-9-1-2-10-21/h1-11H,(H,20,22). The lowest BCUT2D eigenvalue weighted by Crippen LogP contribution is -2.11. The van der Waals surface area contributed by atoms with Crippen molar-refractivity contribution in [2.75, 3.05) is 5.32 Å². The fourth-order valence-electron chi connectivity index (χ4n) is 2.07. The molecule has 0 aliphatic carbocycles. The predicted octanol–water partition coefficient (Wildman–Crippen LogP) is 5.04. The monoisotopic (exact) mass is 330 g/mol. The molecular formula is C17H12Cl2N2O. The van der Waals surface area contributed by atoms with Crippen LogP contribution in [0.1, 0.15) is 10.4 Å². The van der Waals surface area contributed by atoms with Crippen molar-refractivity contribution < 1.29 is 4.79 Å². The van der Waals surface area contributed by atoms with Crippen molar-refractivity contribution in [3.8, 4) is 5.69 Å². The molecule has 0 aliphatic heterocycles. The van der Waals surface area contributed by atoms with Crippen LogP contribution >= 0.6 is 23.2 Å². The third kappa shape index (κ3) is 3.16. The van der Waals surface area contributed by atoms with E-state index in [1.54, 1.807) is 30.3 Å². The van der Waals surface area contributed by atoms with E-state index in [-0.39, 0.29) is 5.91 Å². The zero-order valence-corrected chi connectivity index (χ0v) is 13.0. The molecule has 0 bridgehead atoms. The van der Waals surface area contributed by atoms with Gasteiger partial charge in [0, 0.05) is 29.3 Å². The minimum Gasteiger partial charge on any atom is -0.324 e. The zero-order valence-electron chi connectivity index (χ0n) is 11.5. The van der Waals surface area contributed by atoms with Crippen molar-refractivity contribution >= 4 is 34.8 Å². The Labute approximate surface area is 138 Å². The third-order valence-electron chi connectivity index (χ3n) is 3.21. The summed E-state index contributed by atoms with van der Waals surface area (Å²) in [7, 11) is 0. The molecule has 1 aromatic heterocycles. The van der Waals surface area contributed by atoms with Crippen LogP contribution in [0.4, 0.5) is 5.69 Å². The summed E-state index contributed by atoms with van der Waals surface area (Å²) in [6.07, 6.45) is 3.90. The van der Waals surface area contributed by atoms with E-state index >= 15 is 0 Å². The molecule has 1 amide bonds. The lowest BCUT2D eigenvalue weighted by Gasteiger charge is -2.08. The van der Waals surface area contributed by atoms with Crippen molar-refractivity contribution in [3.05, 3.63) is 82.6 Å². The summed E-state index contributed by atoms with van der Waals surface area (Å²) >= 11 is 11.8. The number of nitrogens with one attached hydrogen (secondary N) is 1. The van der Waals surface area contributed by atoms with Gasteiger partial charge in [-0.15, -0.1) is 0 Å². The molecule has 5 heteroatoms. The smallest absolute Gasteiger partial charge is 0.255 e. The van der Waals surface area contributed by atoms with Gasteiger partial charge >= 0.3 is 0 Å². The fraction of sp³-hybridized carbons (Fsp3) is 0. The highest BCUT2D eigenvalue weighted by atomic mass is 35.5. The molecule has 0 aliphatic rings. The normalized spacial score (nSPS) is 10.5. The van der Waals surface area contributed by atoms with E-state index in [1.807, 2.05) is 41.2 Å². The number of benzene rings is 2. The molecular weight excluding hydrogens is 319 g/mol. The van der Waals surface area contributed by atoms with Crippen molar-refractivity contribution in [3.63, 3.8) is 0 Å². The topological polar surface area (TPSA) is 34.0 Å². The maximum absolute atomic E-state index is 12.2. The number of rotatable bonds is 3. The number of carbonyl (C=O) groups excluding carboxylic acids is 1. The van der Waals surface area contributed by atoms with Crippen LogP contribution in [0.15, 0.2) is 67.0 Å². The Morgan fingerprint density at radius 3 is 2.23 bits per heavy atom. The summed E-state index contributed by atoms with van der Waals surface area (Å²) in [4.78, 5) is 12.2. The van der Waals surface area contributed by atoms with E-state index < -0.39 is 0 Å². The minimum absolute atomic E-state index is 0.197.